The van der Waals surface area contributed by atoms with Crippen molar-refractivity contribution in [1.82, 2.24) is 5.32 Å². The van der Waals surface area contributed by atoms with Gasteiger partial charge in [-0.3, -0.25) is 9.79 Å². The summed E-state index contributed by atoms with van der Waals surface area (Å²) < 4.78 is 0. The number of rotatable bonds is 8. The SMILES string of the molecule is C/C=C(\C)Sc1ccccc1C(=NC)C1=CCC=CC=C1Cl.C=CCC(=O)NCCC. The molecule has 0 aliphatic heterocycles. The van der Waals surface area contributed by atoms with E-state index in [1.165, 1.54) is 9.80 Å². The zero-order valence-corrected chi connectivity index (χ0v) is 20.5. The van der Waals surface area contributed by atoms with Crippen LogP contribution in [0.25, 0.3) is 0 Å². The van der Waals surface area contributed by atoms with Gasteiger partial charge in [-0.15, -0.1) is 6.58 Å². The smallest absolute Gasteiger partial charge is 0.223 e. The van der Waals surface area contributed by atoms with E-state index in [4.69, 9.17) is 11.6 Å². The lowest BCUT2D eigenvalue weighted by molar-refractivity contribution is -0.120. The van der Waals surface area contributed by atoms with E-state index in [2.05, 4.69) is 67.2 Å². The molecule has 0 bridgehead atoms. The Labute approximate surface area is 196 Å². The van der Waals surface area contributed by atoms with Crippen molar-refractivity contribution in [2.75, 3.05) is 13.6 Å². The molecule has 0 spiro atoms. The maximum Gasteiger partial charge on any atom is 0.223 e. The standard InChI is InChI=1S/C19H20ClNS.C7H13NO/c1-4-14(2)22-18-13-9-8-11-16(18)19(21-3)15-10-6-5-7-12-17(15)20;1-3-5-7(9)8-6-4-2/h4-5,7-13H,6H2,1-3H3;3H,1,4-6H2,2H3,(H,8,9)/b14-4+,21-19?;. The number of halogens is 1. The second-order valence-electron chi connectivity index (χ2n) is 6.71. The van der Waals surface area contributed by atoms with Gasteiger partial charge in [-0.2, -0.15) is 0 Å². The molecule has 1 aromatic carbocycles. The third-order valence-electron chi connectivity index (χ3n) is 4.29. The van der Waals surface area contributed by atoms with Crippen LogP contribution in [0.1, 0.15) is 45.6 Å². The Hall–Kier alpha value is -2.30. The minimum atomic E-state index is 0.0619. The Kier molecular flexibility index (Phi) is 13.4. The Morgan fingerprint density at radius 3 is 2.74 bits per heavy atom. The van der Waals surface area contributed by atoms with Gasteiger partial charge in [-0.05, 0) is 43.7 Å². The van der Waals surface area contributed by atoms with Gasteiger partial charge in [0.05, 0.1) is 5.71 Å². The quantitative estimate of drug-likeness (QED) is 0.255. The number of nitrogens with zero attached hydrogens (tertiary/aromatic N) is 1. The molecule has 0 unspecified atom stereocenters. The second-order valence-corrected chi connectivity index (χ2v) is 8.40. The third-order valence-corrected chi connectivity index (χ3v) is 5.76. The van der Waals surface area contributed by atoms with Crippen molar-refractivity contribution in [3.05, 3.63) is 88.4 Å². The lowest BCUT2D eigenvalue weighted by atomic mass is 10.0. The highest BCUT2D eigenvalue weighted by Crippen LogP contribution is 2.33. The Morgan fingerprint density at radius 1 is 1.35 bits per heavy atom. The monoisotopic (exact) mass is 456 g/mol. The average Bonchev–Trinajstić information content (AvgIpc) is 2.99. The molecule has 2 rings (SSSR count). The van der Waals surface area contributed by atoms with Gasteiger partial charge in [0.15, 0.2) is 0 Å². The maximum atomic E-state index is 10.6. The molecule has 0 saturated carbocycles. The molecular formula is C26H33ClN2OS. The van der Waals surface area contributed by atoms with E-state index in [0.29, 0.717) is 6.42 Å². The topological polar surface area (TPSA) is 41.5 Å². The zero-order valence-electron chi connectivity index (χ0n) is 19.0. The Bertz CT molecular complexity index is 894. The molecule has 1 N–H and O–H groups in total. The number of amides is 1. The van der Waals surface area contributed by atoms with Crippen molar-refractivity contribution in [2.24, 2.45) is 4.99 Å². The Balaban J connectivity index is 0.000000452. The van der Waals surface area contributed by atoms with Gasteiger partial charge >= 0.3 is 0 Å². The van der Waals surface area contributed by atoms with Crippen LogP contribution in [-0.4, -0.2) is 25.2 Å². The van der Waals surface area contributed by atoms with Crippen molar-refractivity contribution < 1.29 is 4.79 Å². The summed E-state index contributed by atoms with van der Waals surface area (Å²) in [6, 6.07) is 8.34. The van der Waals surface area contributed by atoms with Gasteiger partial charge in [0, 0.05) is 41.1 Å². The summed E-state index contributed by atoms with van der Waals surface area (Å²) in [6.45, 7) is 10.4. The van der Waals surface area contributed by atoms with E-state index in [1.54, 1.807) is 17.8 Å². The highest BCUT2D eigenvalue weighted by atomic mass is 35.5. The number of thioether (sulfide) groups is 1. The molecule has 5 heteroatoms. The first-order valence-corrected chi connectivity index (χ1v) is 11.7. The molecule has 0 atom stereocenters. The minimum absolute atomic E-state index is 0.0619. The van der Waals surface area contributed by atoms with E-state index in [-0.39, 0.29) is 5.91 Å². The lowest BCUT2D eigenvalue weighted by Gasteiger charge is -2.14. The molecule has 0 saturated heterocycles. The fourth-order valence-corrected chi connectivity index (χ4v) is 3.78. The van der Waals surface area contributed by atoms with Crippen molar-refractivity contribution in [1.29, 1.82) is 0 Å². The van der Waals surface area contributed by atoms with Gasteiger partial charge in [0.1, 0.15) is 0 Å². The van der Waals surface area contributed by atoms with Crippen LogP contribution in [0.15, 0.2) is 92.7 Å². The van der Waals surface area contributed by atoms with Gasteiger partial charge in [0.2, 0.25) is 5.91 Å². The van der Waals surface area contributed by atoms with Crippen molar-refractivity contribution in [3.63, 3.8) is 0 Å². The van der Waals surface area contributed by atoms with E-state index < -0.39 is 0 Å². The number of carbonyl (C=O) groups excluding carboxylic acids is 1. The third kappa shape index (κ3) is 9.58. The molecule has 0 aromatic heterocycles. The molecule has 0 radical (unpaired) electrons. The first-order valence-electron chi connectivity index (χ1n) is 10.5. The van der Waals surface area contributed by atoms with Gasteiger partial charge in [-0.25, -0.2) is 0 Å². The number of allylic oxidation sites excluding steroid dienone is 8. The molecule has 1 aliphatic rings. The van der Waals surface area contributed by atoms with E-state index in [9.17, 15) is 4.79 Å². The Morgan fingerprint density at radius 2 is 2.10 bits per heavy atom. The first kappa shape index (κ1) is 26.7. The predicted octanol–water partition coefficient (Wildman–Crippen LogP) is 7.22. The molecule has 0 fully saturated rings. The lowest BCUT2D eigenvalue weighted by Crippen LogP contribution is -2.22. The number of carbonyl (C=O) groups is 1. The van der Waals surface area contributed by atoms with Gasteiger partial charge in [-0.1, -0.05) is 78.9 Å². The van der Waals surface area contributed by atoms with Crippen LogP contribution in [0.5, 0.6) is 0 Å². The molecule has 0 heterocycles. The number of hydrogen-bond donors (Lipinski definition) is 1. The summed E-state index contributed by atoms with van der Waals surface area (Å²) in [6.07, 6.45) is 14.1. The van der Waals surface area contributed by atoms with Crippen LogP contribution in [0, 0.1) is 0 Å². The largest absolute Gasteiger partial charge is 0.356 e. The van der Waals surface area contributed by atoms with E-state index in [0.717, 1.165) is 41.3 Å². The summed E-state index contributed by atoms with van der Waals surface area (Å²) in [5.74, 6) is 0.0619. The van der Waals surface area contributed by atoms with Crippen LogP contribution in [-0.2, 0) is 4.79 Å². The van der Waals surface area contributed by atoms with Crippen LogP contribution < -0.4 is 5.32 Å². The summed E-state index contributed by atoms with van der Waals surface area (Å²) in [7, 11) is 1.82. The van der Waals surface area contributed by atoms with E-state index >= 15 is 0 Å². The molecule has 31 heavy (non-hydrogen) atoms. The summed E-state index contributed by atoms with van der Waals surface area (Å²) in [4.78, 5) is 17.6. The number of hydrogen-bond acceptors (Lipinski definition) is 3. The molecule has 1 amide bonds. The van der Waals surface area contributed by atoms with Crippen molar-refractivity contribution in [3.8, 4) is 0 Å². The maximum absolute atomic E-state index is 10.6. The highest BCUT2D eigenvalue weighted by Gasteiger charge is 2.16. The fourth-order valence-electron chi connectivity index (χ4n) is 2.65. The first-order chi connectivity index (χ1) is 15.0. The normalized spacial score (nSPS) is 14.0. The molecule has 1 aromatic rings. The van der Waals surface area contributed by atoms with E-state index in [1.807, 2.05) is 32.2 Å². The van der Waals surface area contributed by atoms with Crippen LogP contribution >= 0.6 is 23.4 Å². The minimum Gasteiger partial charge on any atom is -0.356 e. The summed E-state index contributed by atoms with van der Waals surface area (Å²) >= 11 is 8.20. The molecule has 166 valence electrons. The van der Waals surface area contributed by atoms with Crippen molar-refractivity contribution in [2.45, 2.75) is 44.9 Å². The molecule has 1 aliphatic carbocycles. The predicted molar refractivity (Wildman–Crippen MR) is 138 cm³/mol. The zero-order chi connectivity index (χ0) is 23.1. The van der Waals surface area contributed by atoms with Crippen molar-refractivity contribution >= 4 is 35.0 Å². The van der Waals surface area contributed by atoms with Gasteiger partial charge in [0.25, 0.3) is 0 Å². The number of nitrogens with one attached hydrogen (secondary N) is 1. The summed E-state index contributed by atoms with van der Waals surface area (Å²) in [5, 5.41) is 3.46. The number of aliphatic imine (C=N–C) groups is 1. The average molecular weight is 457 g/mol. The number of benzene rings is 1. The highest BCUT2D eigenvalue weighted by molar-refractivity contribution is 8.03. The fraction of sp³-hybridized carbons (Fsp3) is 0.308. The van der Waals surface area contributed by atoms with Gasteiger partial charge < -0.3 is 5.32 Å². The van der Waals surface area contributed by atoms with Crippen LogP contribution in [0.3, 0.4) is 0 Å². The van der Waals surface area contributed by atoms with Crippen LogP contribution in [0.2, 0.25) is 0 Å². The molecule has 3 nitrogen and oxygen atoms in total. The van der Waals surface area contributed by atoms with Crippen LogP contribution in [0.4, 0.5) is 0 Å². The molecular weight excluding hydrogens is 424 g/mol. The second kappa shape index (κ2) is 15.5. The summed E-state index contributed by atoms with van der Waals surface area (Å²) in [5.41, 5.74) is 3.06.